The lowest BCUT2D eigenvalue weighted by Crippen LogP contribution is -2.43. The molecule has 2 unspecified atom stereocenters. The average Bonchev–Trinajstić information content (AvgIpc) is 2.63. The summed E-state index contributed by atoms with van der Waals surface area (Å²) in [4.78, 5) is 11.6. The Kier molecular flexibility index (Phi) is 4.54. The largest absolute Gasteiger partial charge is 0.373 e. The molecule has 0 aromatic rings. The zero-order valence-corrected chi connectivity index (χ0v) is 9.93. The molecular weight excluding hydrogens is 192 g/mol. The molecule has 0 radical (unpaired) electrons. The van der Waals surface area contributed by atoms with Crippen molar-refractivity contribution in [1.29, 1.82) is 0 Å². The van der Waals surface area contributed by atoms with E-state index in [0.717, 1.165) is 19.4 Å². The Morgan fingerprint density at radius 1 is 1.60 bits per heavy atom. The minimum Gasteiger partial charge on any atom is -0.373 e. The van der Waals surface area contributed by atoms with E-state index in [9.17, 15) is 4.79 Å². The fourth-order valence-electron chi connectivity index (χ4n) is 1.82. The number of nitrogens with one attached hydrogen (secondary N) is 2. The van der Waals surface area contributed by atoms with Crippen molar-refractivity contribution in [3.8, 4) is 0 Å². The summed E-state index contributed by atoms with van der Waals surface area (Å²) in [6.45, 7) is 6.13. The predicted octanol–water partition coefficient (Wildman–Crippen LogP) is 0.527. The molecule has 2 atom stereocenters. The van der Waals surface area contributed by atoms with Crippen molar-refractivity contribution in [3.05, 3.63) is 0 Å². The normalized spacial score (nSPS) is 27.7. The standard InChI is InChI=1S/C11H22N2O2/c1-9(7-12-3)10(14)13-8-11(2)5-4-6-15-11/h9,12H,4-8H2,1-3H3,(H,13,14). The molecule has 4 heteroatoms. The van der Waals surface area contributed by atoms with E-state index in [1.54, 1.807) is 0 Å². The zero-order chi connectivity index (χ0) is 11.3. The Bertz CT molecular complexity index is 213. The lowest BCUT2D eigenvalue weighted by atomic mass is 10.0. The first-order chi connectivity index (χ1) is 7.07. The van der Waals surface area contributed by atoms with Crippen molar-refractivity contribution in [1.82, 2.24) is 10.6 Å². The molecule has 1 fully saturated rings. The van der Waals surface area contributed by atoms with Gasteiger partial charge < -0.3 is 15.4 Å². The summed E-state index contributed by atoms with van der Waals surface area (Å²) in [5, 5.41) is 5.94. The maximum Gasteiger partial charge on any atom is 0.224 e. The van der Waals surface area contributed by atoms with Gasteiger partial charge in [0.2, 0.25) is 5.91 Å². The molecule has 15 heavy (non-hydrogen) atoms. The molecule has 88 valence electrons. The fourth-order valence-corrected chi connectivity index (χ4v) is 1.82. The molecular formula is C11H22N2O2. The minimum absolute atomic E-state index is 0.0139. The van der Waals surface area contributed by atoms with Crippen LogP contribution in [0.2, 0.25) is 0 Å². The first-order valence-corrected chi connectivity index (χ1v) is 5.64. The van der Waals surface area contributed by atoms with Gasteiger partial charge in [-0.05, 0) is 26.8 Å². The number of carbonyl (C=O) groups excluding carboxylic acids is 1. The maximum absolute atomic E-state index is 11.6. The second-order valence-electron chi connectivity index (χ2n) is 4.58. The number of rotatable bonds is 5. The average molecular weight is 214 g/mol. The molecule has 0 saturated carbocycles. The van der Waals surface area contributed by atoms with Crippen molar-refractivity contribution in [3.63, 3.8) is 0 Å². The van der Waals surface area contributed by atoms with Gasteiger partial charge in [-0.3, -0.25) is 4.79 Å². The van der Waals surface area contributed by atoms with Crippen LogP contribution in [0.3, 0.4) is 0 Å². The van der Waals surface area contributed by atoms with Gasteiger partial charge in [0, 0.05) is 25.6 Å². The summed E-state index contributed by atoms with van der Waals surface area (Å²) in [7, 11) is 1.85. The van der Waals surface area contributed by atoms with Gasteiger partial charge in [-0.15, -0.1) is 0 Å². The lowest BCUT2D eigenvalue weighted by Gasteiger charge is -2.24. The van der Waals surface area contributed by atoms with Crippen molar-refractivity contribution in [2.45, 2.75) is 32.3 Å². The Labute approximate surface area is 91.8 Å². The van der Waals surface area contributed by atoms with Crippen LogP contribution in [0.1, 0.15) is 26.7 Å². The number of ether oxygens (including phenoxy) is 1. The first-order valence-electron chi connectivity index (χ1n) is 5.64. The Morgan fingerprint density at radius 2 is 2.33 bits per heavy atom. The molecule has 1 heterocycles. The summed E-state index contributed by atoms with van der Waals surface area (Å²) >= 11 is 0. The summed E-state index contributed by atoms with van der Waals surface area (Å²) in [6, 6.07) is 0. The van der Waals surface area contributed by atoms with E-state index in [1.807, 2.05) is 14.0 Å². The van der Waals surface area contributed by atoms with Gasteiger partial charge in [-0.25, -0.2) is 0 Å². The molecule has 1 saturated heterocycles. The van der Waals surface area contributed by atoms with Crippen molar-refractivity contribution in [2.75, 3.05) is 26.7 Å². The summed E-state index contributed by atoms with van der Waals surface area (Å²) in [5.74, 6) is 0.112. The van der Waals surface area contributed by atoms with Crippen molar-refractivity contribution in [2.24, 2.45) is 5.92 Å². The van der Waals surface area contributed by atoms with Gasteiger partial charge in [-0.2, -0.15) is 0 Å². The fraction of sp³-hybridized carbons (Fsp3) is 0.909. The first kappa shape index (κ1) is 12.5. The molecule has 0 spiro atoms. The summed E-state index contributed by atoms with van der Waals surface area (Å²) in [5.41, 5.74) is -0.144. The van der Waals surface area contributed by atoms with Gasteiger partial charge in [0.15, 0.2) is 0 Å². The highest BCUT2D eigenvalue weighted by Gasteiger charge is 2.30. The second kappa shape index (κ2) is 5.47. The quantitative estimate of drug-likeness (QED) is 0.702. The van der Waals surface area contributed by atoms with Crippen LogP contribution in [0.25, 0.3) is 0 Å². The third-order valence-electron chi connectivity index (χ3n) is 2.89. The Balaban J connectivity index is 2.26. The molecule has 1 rings (SSSR count). The SMILES string of the molecule is CNCC(C)C(=O)NCC1(C)CCCO1. The summed E-state index contributed by atoms with van der Waals surface area (Å²) < 4.78 is 5.60. The van der Waals surface area contributed by atoms with Gasteiger partial charge in [0.1, 0.15) is 0 Å². The third kappa shape index (κ3) is 3.80. The van der Waals surface area contributed by atoms with E-state index in [-0.39, 0.29) is 17.4 Å². The van der Waals surface area contributed by atoms with Crippen LogP contribution in [0.15, 0.2) is 0 Å². The molecule has 0 aromatic heterocycles. The number of amides is 1. The molecule has 0 bridgehead atoms. The van der Waals surface area contributed by atoms with Crippen LogP contribution in [-0.4, -0.2) is 38.3 Å². The molecule has 0 aliphatic carbocycles. The Hall–Kier alpha value is -0.610. The van der Waals surface area contributed by atoms with Crippen LogP contribution in [0.5, 0.6) is 0 Å². The molecule has 4 nitrogen and oxygen atoms in total. The van der Waals surface area contributed by atoms with E-state index in [0.29, 0.717) is 13.1 Å². The summed E-state index contributed by atoms with van der Waals surface area (Å²) in [6.07, 6.45) is 2.13. The van der Waals surface area contributed by atoms with E-state index < -0.39 is 0 Å². The van der Waals surface area contributed by atoms with Gasteiger partial charge in [0.05, 0.1) is 5.60 Å². The topological polar surface area (TPSA) is 50.4 Å². The van der Waals surface area contributed by atoms with Crippen LogP contribution in [0.4, 0.5) is 0 Å². The Morgan fingerprint density at radius 3 is 2.87 bits per heavy atom. The molecule has 1 aliphatic heterocycles. The third-order valence-corrected chi connectivity index (χ3v) is 2.89. The molecule has 2 N–H and O–H groups in total. The zero-order valence-electron chi connectivity index (χ0n) is 9.93. The van der Waals surface area contributed by atoms with Gasteiger partial charge >= 0.3 is 0 Å². The number of hydrogen-bond donors (Lipinski definition) is 2. The van der Waals surface area contributed by atoms with Crippen LogP contribution in [-0.2, 0) is 9.53 Å². The van der Waals surface area contributed by atoms with Crippen LogP contribution in [0, 0.1) is 5.92 Å². The van der Waals surface area contributed by atoms with Crippen molar-refractivity contribution >= 4 is 5.91 Å². The van der Waals surface area contributed by atoms with E-state index in [4.69, 9.17) is 4.74 Å². The molecule has 0 aromatic carbocycles. The van der Waals surface area contributed by atoms with Crippen LogP contribution >= 0.6 is 0 Å². The van der Waals surface area contributed by atoms with E-state index in [1.165, 1.54) is 0 Å². The lowest BCUT2D eigenvalue weighted by molar-refractivity contribution is -0.125. The minimum atomic E-state index is -0.144. The highest BCUT2D eigenvalue weighted by molar-refractivity contribution is 5.78. The maximum atomic E-state index is 11.6. The van der Waals surface area contributed by atoms with Gasteiger partial charge in [-0.1, -0.05) is 6.92 Å². The highest BCUT2D eigenvalue weighted by Crippen LogP contribution is 2.23. The number of hydrogen-bond acceptors (Lipinski definition) is 3. The highest BCUT2D eigenvalue weighted by atomic mass is 16.5. The van der Waals surface area contributed by atoms with E-state index >= 15 is 0 Å². The van der Waals surface area contributed by atoms with E-state index in [2.05, 4.69) is 17.6 Å². The predicted molar refractivity (Wildman–Crippen MR) is 59.7 cm³/mol. The number of carbonyl (C=O) groups is 1. The second-order valence-corrected chi connectivity index (χ2v) is 4.58. The van der Waals surface area contributed by atoms with Gasteiger partial charge in [0.25, 0.3) is 0 Å². The van der Waals surface area contributed by atoms with Crippen LogP contribution < -0.4 is 10.6 Å². The smallest absolute Gasteiger partial charge is 0.224 e. The van der Waals surface area contributed by atoms with Crippen molar-refractivity contribution < 1.29 is 9.53 Å². The molecule has 1 aliphatic rings. The monoisotopic (exact) mass is 214 g/mol. The molecule has 1 amide bonds.